The summed E-state index contributed by atoms with van der Waals surface area (Å²) in [6.45, 7) is 5.41. The second kappa shape index (κ2) is 13.3. The Balaban J connectivity index is 1.71. The standard InChI is InChI=1S/C23H34N6O5S/c1-3-4-10-25-23-26-17-20(21(28-23)24-11-5-14-33-2)22(30)27-18-6-8-19(9-7-18)35(31,32)29-12-15-34-16-13-29/h6-9,17H,3-5,10-16H2,1-2H3,(H,27,30)(H2,24,25,26,28). The van der Waals surface area contributed by atoms with Gasteiger partial charge in [0, 0.05) is 51.8 Å². The SMILES string of the molecule is CCCCNc1ncc(C(=O)Nc2ccc(S(=O)(=O)N3CCOCC3)cc2)c(NCCCOC)n1. The topological polar surface area (TPSA) is 135 Å². The minimum atomic E-state index is -3.60. The predicted octanol–water partition coefficient (Wildman–Crippen LogP) is 2.41. The molecule has 1 amide bonds. The summed E-state index contributed by atoms with van der Waals surface area (Å²) in [5.74, 6) is 0.462. The number of nitrogens with zero attached hydrogens (tertiary/aromatic N) is 3. The van der Waals surface area contributed by atoms with Crippen LogP contribution in [0.4, 0.5) is 17.5 Å². The number of morpholine rings is 1. The third-order valence-corrected chi connectivity index (χ3v) is 7.30. The number of methoxy groups -OCH3 is 1. The molecule has 1 aliphatic rings. The number of hydrogen-bond acceptors (Lipinski definition) is 9. The van der Waals surface area contributed by atoms with Crippen LogP contribution in [-0.4, -0.2) is 81.7 Å². The summed E-state index contributed by atoms with van der Waals surface area (Å²) in [7, 11) is -1.97. The molecule has 2 aromatic rings. The largest absolute Gasteiger partial charge is 0.385 e. The fourth-order valence-electron chi connectivity index (χ4n) is 3.41. The Labute approximate surface area is 206 Å². The van der Waals surface area contributed by atoms with Crippen molar-refractivity contribution in [2.75, 3.05) is 69.1 Å². The molecule has 192 valence electrons. The first-order valence-corrected chi connectivity index (χ1v) is 13.2. The van der Waals surface area contributed by atoms with Crippen LogP contribution in [0.3, 0.4) is 0 Å². The number of ether oxygens (including phenoxy) is 2. The number of sulfonamides is 1. The highest BCUT2D eigenvalue weighted by Crippen LogP contribution is 2.21. The van der Waals surface area contributed by atoms with Gasteiger partial charge in [-0.15, -0.1) is 0 Å². The third kappa shape index (κ3) is 7.59. The lowest BCUT2D eigenvalue weighted by atomic mass is 10.2. The van der Waals surface area contributed by atoms with Crippen molar-refractivity contribution in [3.05, 3.63) is 36.0 Å². The van der Waals surface area contributed by atoms with E-state index in [2.05, 4.69) is 32.8 Å². The molecule has 12 heteroatoms. The summed E-state index contributed by atoms with van der Waals surface area (Å²) in [6, 6.07) is 6.11. The maximum atomic E-state index is 13.0. The van der Waals surface area contributed by atoms with Gasteiger partial charge >= 0.3 is 0 Å². The first-order chi connectivity index (χ1) is 17.0. The molecule has 0 radical (unpaired) electrons. The Kier molecular flexibility index (Phi) is 10.2. The van der Waals surface area contributed by atoms with Gasteiger partial charge in [-0.1, -0.05) is 13.3 Å². The van der Waals surface area contributed by atoms with Crippen LogP contribution in [0.2, 0.25) is 0 Å². The zero-order valence-corrected chi connectivity index (χ0v) is 21.1. The highest BCUT2D eigenvalue weighted by atomic mass is 32.2. The molecule has 1 saturated heterocycles. The van der Waals surface area contributed by atoms with Crippen LogP contribution in [0.1, 0.15) is 36.5 Å². The minimum Gasteiger partial charge on any atom is -0.385 e. The molecule has 0 atom stereocenters. The van der Waals surface area contributed by atoms with Crippen LogP contribution < -0.4 is 16.0 Å². The van der Waals surface area contributed by atoms with Crippen LogP contribution in [0.15, 0.2) is 35.4 Å². The van der Waals surface area contributed by atoms with Crippen molar-refractivity contribution in [3.63, 3.8) is 0 Å². The van der Waals surface area contributed by atoms with E-state index in [0.717, 1.165) is 25.8 Å². The van der Waals surface area contributed by atoms with Gasteiger partial charge in [0.15, 0.2) is 0 Å². The summed E-state index contributed by atoms with van der Waals surface area (Å²) in [4.78, 5) is 21.9. The Morgan fingerprint density at radius 3 is 2.51 bits per heavy atom. The zero-order valence-electron chi connectivity index (χ0n) is 20.2. The third-order valence-electron chi connectivity index (χ3n) is 5.38. The number of nitrogens with one attached hydrogen (secondary N) is 3. The highest BCUT2D eigenvalue weighted by molar-refractivity contribution is 7.89. The number of amides is 1. The van der Waals surface area contributed by atoms with Crippen LogP contribution in [-0.2, 0) is 19.5 Å². The number of carbonyl (C=O) groups excluding carboxylic acids is 1. The minimum absolute atomic E-state index is 0.170. The molecule has 1 aromatic carbocycles. The summed E-state index contributed by atoms with van der Waals surface area (Å²) >= 11 is 0. The average Bonchev–Trinajstić information content (AvgIpc) is 2.88. The molecule has 3 N–H and O–H groups in total. The molecule has 1 fully saturated rings. The van der Waals surface area contributed by atoms with Gasteiger partial charge in [0.25, 0.3) is 5.91 Å². The van der Waals surface area contributed by atoms with Crippen molar-refractivity contribution >= 4 is 33.4 Å². The van der Waals surface area contributed by atoms with Gasteiger partial charge in [0.1, 0.15) is 11.4 Å². The van der Waals surface area contributed by atoms with Crippen molar-refractivity contribution in [1.29, 1.82) is 0 Å². The molecule has 0 unspecified atom stereocenters. The molecule has 0 bridgehead atoms. The molecule has 0 spiro atoms. The molecular formula is C23H34N6O5S. The van der Waals surface area contributed by atoms with Gasteiger partial charge in [-0.2, -0.15) is 9.29 Å². The quantitative estimate of drug-likeness (QED) is 0.350. The van der Waals surface area contributed by atoms with Gasteiger partial charge in [-0.3, -0.25) is 4.79 Å². The van der Waals surface area contributed by atoms with E-state index in [1.807, 2.05) is 0 Å². The maximum absolute atomic E-state index is 13.0. The highest BCUT2D eigenvalue weighted by Gasteiger charge is 2.26. The monoisotopic (exact) mass is 506 g/mol. The average molecular weight is 507 g/mol. The van der Waals surface area contributed by atoms with Crippen LogP contribution in [0.25, 0.3) is 0 Å². The second-order valence-corrected chi connectivity index (χ2v) is 9.94. The number of aromatic nitrogens is 2. The lowest BCUT2D eigenvalue weighted by Gasteiger charge is -2.26. The molecule has 11 nitrogen and oxygen atoms in total. The number of carbonyl (C=O) groups is 1. The van der Waals surface area contributed by atoms with E-state index in [1.165, 1.54) is 22.6 Å². The van der Waals surface area contributed by atoms with Gasteiger partial charge in [-0.05, 0) is 37.1 Å². The lowest BCUT2D eigenvalue weighted by Crippen LogP contribution is -2.40. The normalized spacial score (nSPS) is 14.5. The summed E-state index contributed by atoms with van der Waals surface area (Å²) in [6.07, 6.45) is 4.26. The molecular weight excluding hydrogens is 472 g/mol. The Morgan fingerprint density at radius 1 is 1.11 bits per heavy atom. The van der Waals surface area contributed by atoms with Crippen molar-refractivity contribution in [1.82, 2.24) is 14.3 Å². The van der Waals surface area contributed by atoms with Crippen molar-refractivity contribution in [3.8, 4) is 0 Å². The van der Waals surface area contributed by atoms with E-state index >= 15 is 0 Å². The Bertz CT molecular complexity index is 1060. The first kappa shape index (κ1) is 26.8. The van der Waals surface area contributed by atoms with Gasteiger partial charge in [-0.25, -0.2) is 13.4 Å². The van der Waals surface area contributed by atoms with E-state index < -0.39 is 15.9 Å². The van der Waals surface area contributed by atoms with Crippen molar-refractivity contribution in [2.24, 2.45) is 0 Å². The molecule has 35 heavy (non-hydrogen) atoms. The molecule has 2 heterocycles. The van der Waals surface area contributed by atoms with Crippen LogP contribution >= 0.6 is 0 Å². The molecule has 3 rings (SSSR count). The first-order valence-electron chi connectivity index (χ1n) is 11.8. The Morgan fingerprint density at radius 2 is 1.83 bits per heavy atom. The summed E-state index contributed by atoms with van der Waals surface area (Å²) in [5, 5.41) is 9.15. The number of anilines is 3. The van der Waals surface area contributed by atoms with E-state index in [-0.39, 0.29) is 10.5 Å². The second-order valence-electron chi connectivity index (χ2n) is 8.00. The smallest absolute Gasteiger partial charge is 0.260 e. The Hall–Kier alpha value is -2.80. The molecule has 0 saturated carbocycles. The van der Waals surface area contributed by atoms with Gasteiger partial charge < -0.3 is 25.4 Å². The maximum Gasteiger partial charge on any atom is 0.260 e. The lowest BCUT2D eigenvalue weighted by molar-refractivity contribution is 0.0730. The van der Waals surface area contributed by atoms with Crippen molar-refractivity contribution in [2.45, 2.75) is 31.1 Å². The molecule has 1 aromatic heterocycles. The molecule has 1 aliphatic heterocycles. The van der Waals surface area contributed by atoms with Gasteiger partial charge in [0.05, 0.1) is 18.1 Å². The van der Waals surface area contributed by atoms with E-state index in [9.17, 15) is 13.2 Å². The predicted molar refractivity (Wildman–Crippen MR) is 134 cm³/mol. The van der Waals surface area contributed by atoms with Crippen LogP contribution in [0, 0.1) is 0 Å². The number of unbranched alkanes of at least 4 members (excludes halogenated alkanes) is 1. The van der Waals surface area contributed by atoms with Gasteiger partial charge in [0.2, 0.25) is 16.0 Å². The number of hydrogen-bond donors (Lipinski definition) is 3. The fraction of sp³-hybridized carbons (Fsp3) is 0.522. The van der Waals surface area contributed by atoms with E-state index in [0.29, 0.717) is 56.9 Å². The number of benzene rings is 1. The van der Waals surface area contributed by atoms with E-state index in [1.54, 1.807) is 19.2 Å². The summed E-state index contributed by atoms with van der Waals surface area (Å²) < 4.78 is 37.3. The fourth-order valence-corrected chi connectivity index (χ4v) is 4.82. The van der Waals surface area contributed by atoms with Crippen LogP contribution in [0.5, 0.6) is 0 Å². The summed E-state index contributed by atoms with van der Waals surface area (Å²) in [5.41, 5.74) is 0.750. The number of rotatable bonds is 13. The molecule has 0 aliphatic carbocycles. The van der Waals surface area contributed by atoms with E-state index in [4.69, 9.17) is 9.47 Å². The zero-order chi connectivity index (χ0) is 25.1. The van der Waals surface area contributed by atoms with Crippen molar-refractivity contribution < 1.29 is 22.7 Å².